The number of hydrogen-bond donors (Lipinski definition) is 4. The smallest absolute Gasteiger partial charge is 0.296 e. The lowest BCUT2D eigenvalue weighted by Crippen LogP contribution is -2.22. The first-order chi connectivity index (χ1) is 13.6. The third-order valence-corrected chi connectivity index (χ3v) is 4.27. The highest BCUT2D eigenvalue weighted by molar-refractivity contribution is 6.48. The van der Waals surface area contributed by atoms with Crippen molar-refractivity contribution in [2.75, 3.05) is 16.4 Å². The molecule has 0 saturated heterocycles. The highest BCUT2D eigenvalue weighted by Gasteiger charge is 2.20. The zero-order valence-corrected chi connectivity index (χ0v) is 14.8. The molecule has 1 amide bonds. The fourth-order valence-corrected chi connectivity index (χ4v) is 2.88. The standard InChI is InChI=1S/C21H17N5O2/c22-13-1-6-19-17(11-13)18(12-24-19)20(27)21(28)26-15-4-2-14(3-5-15)25-16-7-9-23-10-8-16/h1-12,24H,22H2,(H,23,25)(H,26,28). The summed E-state index contributed by atoms with van der Waals surface area (Å²) < 4.78 is 0. The second-order valence-electron chi connectivity index (χ2n) is 6.23. The van der Waals surface area contributed by atoms with Crippen molar-refractivity contribution in [3.8, 4) is 0 Å². The molecule has 7 heteroatoms. The third-order valence-electron chi connectivity index (χ3n) is 4.27. The summed E-state index contributed by atoms with van der Waals surface area (Å²) in [6.45, 7) is 0. The molecule has 28 heavy (non-hydrogen) atoms. The fraction of sp³-hybridized carbons (Fsp3) is 0. The van der Waals surface area contributed by atoms with E-state index in [0.29, 0.717) is 16.8 Å². The predicted molar refractivity (Wildman–Crippen MR) is 110 cm³/mol. The van der Waals surface area contributed by atoms with E-state index in [1.54, 1.807) is 42.7 Å². The van der Waals surface area contributed by atoms with Crippen LogP contribution in [0.25, 0.3) is 10.9 Å². The fourth-order valence-electron chi connectivity index (χ4n) is 2.88. The molecule has 0 aliphatic heterocycles. The molecule has 0 fully saturated rings. The lowest BCUT2D eigenvalue weighted by atomic mass is 10.1. The molecule has 2 heterocycles. The average molecular weight is 371 g/mol. The Morgan fingerprint density at radius 1 is 0.893 bits per heavy atom. The van der Waals surface area contributed by atoms with Crippen LogP contribution in [0.2, 0.25) is 0 Å². The first kappa shape index (κ1) is 17.3. The Balaban J connectivity index is 1.47. The monoisotopic (exact) mass is 371 g/mol. The molecule has 0 spiro atoms. The number of aromatic amines is 1. The summed E-state index contributed by atoms with van der Waals surface area (Å²) in [6.07, 6.45) is 4.91. The summed E-state index contributed by atoms with van der Waals surface area (Å²) >= 11 is 0. The van der Waals surface area contributed by atoms with E-state index in [2.05, 4.69) is 20.6 Å². The summed E-state index contributed by atoms with van der Waals surface area (Å²) in [4.78, 5) is 31.9. The minimum absolute atomic E-state index is 0.288. The Kier molecular flexibility index (Phi) is 4.47. The number of nitrogens with one attached hydrogen (secondary N) is 3. The maximum absolute atomic E-state index is 12.6. The van der Waals surface area contributed by atoms with Gasteiger partial charge < -0.3 is 21.4 Å². The Morgan fingerprint density at radius 2 is 1.57 bits per heavy atom. The van der Waals surface area contributed by atoms with E-state index in [4.69, 9.17) is 5.73 Å². The number of aromatic nitrogens is 2. The molecule has 0 unspecified atom stereocenters. The molecule has 5 N–H and O–H groups in total. The van der Waals surface area contributed by atoms with Crippen LogP contribution in [-0.4, -0.2) is 21.7 Å². The number of fused-ring (bicyclic) bond motifs is 1. The molecule has 2 aromatic carbocycles. The number of anilines is 4. The molecule has 0 aliphatic rings. The number of carbonyl (C=O) groups excluding carboxylic acids is 2. The molecule has 4 rings (SSSR count). The van der Waals surface area contributed by atoms with E-state index >= 15 is 0 Å². The van der Waals surface area contributed by atoms with Gasteiger partial charge in [-0.1, -0.05) is 0 Å². The molecular formula is C21H17N5O2. The molecular weight excluding hydrogens is 354 g/mol. The van der Waals surface area contributed by atoms with Crippen LogP contribution in [0.15, 0.2) is 73.2 Å². The minimum Gasteiger partial charge on any atom is -0.399 e. The SMILES string of the molecule is Nc1ccc2[nH]cc(C(=O)C(=O)Nc3ccc(Nc4ccncc4)cc3)c2c1. The van der Waals surface area contributed by atoms with Gasteiger partial charge in [-0.2, -0.15) is 0 Å². The zero-order valence-electron chi connectivity index (χ0n) is 14.8. The zero-order chi connectivity index (χ0) is 19.5. The van der Waals surface area contributed by atoms with E-state index < -0.39 is 11.7 Å². The van der Waals surface area contributed by atoms with Crippen molar-refractivity contribution in [2.24, 2.45) is 0 Å². The van der Waals surface area contributed by atoms with Gasteiger partial charge in [0.1, 0.15) is 0 Å². The van der Waals surface area contributed by atoms with E-state index in [1.165, 1.54) is 6.20 Å². The van der Waals surface area contributed by atoms with Crippen LogP contribution in [0, 0.1) is 0 Å². The molecule has 0 aliphatic carbocycles. The number of Topliss-reactive ketones (excluding diaryl/α,β-unsaturated/α-hetero) is 1. The largest absolute Gasteiger partial charge is 0.399 e. The van der Waals surface area contributed by atoms with Crippen LogP contribution in [-0.2, 0) is 4.79 Å². The van der Waals surface area contributed by atoms with E-state index in [0.717, 1.165) is 16.9 Å². The number of amides is 1. The first-order valence-corrected chi connectivity index (χ1v) is 8.59. The van der Waals surface area contributed by atoms with Gasteiger partial charge >= 0.3 is 0 Å². The number of H-pyrrole nitrogens is 1. The van der Waals surface area contributed by atoms with Crippen molar-refractivity contribution >= 4 is 45.3 Å². The van der Waals surface area contributed by atoms with Crippen molar-refractivity contribution in [2.45, 2.75) is 0 Å². The molecule has 4 aromatic rings. The van der Waals surface area contributed by atoms with Crippen LogP contribution in [0.3, 0.4) is 0 Å². The van der Waals surface area contributed by atoms with E-state index in [-0.39, 0.29) is 5.56 Å². The Hall–Kier alpha value is -4.13. The predicted octanol–water partition coefficient (Wildman–Crippen LogP) is 3.71. The second-order valence-corrected chi connectivity index (χ2v) is 6.23. The number of hydrogen-bond acceptors (Lipinski definition) is 5. The molecule has 138 valence electrons. The van der Waals surface area contributed by atoms with Gasteiger partial charge in [-0.15, -0.1) is 0 Å². The highest BCUT2D eigenvalue weighted by Crippen LogP contribution is 2.22. The van der Waals surface area contributed by atoms with Crippen LogP contribution < -0.4 is 16.4 Å². The summed E-state index contributed by atoms with van der Waals surface area (Å²) in [5, 5.41) is 6.47. The summed E-state index contributed by atoms with van der Waals surface area (Å²) in [5.74, 6) is -1.34. The van der Waals surface area contributed by atoms with Gasteiger partial charge in [0.05, 0.1) is 5.56 Å². The number of nitrogens with two attached hydrogens (primary N) is 1. The number of benzene rings is 2. The molecule has 0 bridgehead atoms. The maximum Gasteiger partial charge on any atom is 0.296 e. The number of carbonyl (C=O) groups is 2. The lowest BCUT2D eigenvalue weighted by Gasteiger charge is -2.08. The number of nitrogen functional groups attached to an aromatic ring is 1. The number of nitrogens with zero attached hydrogens (tertiary/aromatic N) is 1. The third kappa shape index (κ3) is 3.54. The maximum atomic E-state index is 12.6. The van der Waals surface area contributed by atoms with Gasteiger partial charge in [0.15, 0.2) is 0 Å². The van der Waals surface area contributed by atoms with Gasteiger partial charge in [0.25, 0.3) is 11.7 Å². The van der Waals surface area contributed by atoms with Crippen molar-refractivity contribution in [1.29, 1.82) is 0 Å². The Bertz CT molecular complexity index is 1150. The minimum atomic E-state index is -0.710. The van der Waals surface area contributed by atoms with Crippen molar-refractivity contribution in [1.82, 2.24) is 9.97 Å². The summed E-state index contributed by atoms with van der Waals surface area (Å²) in [6, 6.07) is 15.9. The van der Waals surface area contributed by atoms with Crippen molar-refractivity contribution in [3.63, 3.8) is 0 Å². The Morgan fingerprint density at radius 3 is 2.32 bits per heavy atom. The second kappa shape index (κ2) is 7.24. The molecule has 7 nitrogen and oxygen atoms in total. The van der Waals surface area contributed by atoms with Gasteiger partial charge in [0.2, 0.25) is 0 Å². The lowest BCUT2D eigenvalue weighted by molar-refractivity contribution is -0.112. The van der Waals surface area contributed by atoms with Gasteiger partial charge in [-0.3, -0.25) is 14.6 Å². The van der Waals surface area contributed by atoms with Crippen LogP contribution in [0.1, 0.15) is 10.4 Å². The van der Waals surface area contributed by atoms with Crippen molar-refractivity contribution in [3.05, 3.63) is 78.8 Å². The number of pyridine rings is 1. The molecule has 0 atom stereocenters. The highest BCUT2D eigenvalue weighted by atomic mass is 16.2. The molecule has 2 aromatic heterocycles. The van der Waals surface area contributed by atoms with Gasteiger partial charge in [-0.05, 0) is 54.6 Å². The summed E-state index contributed by atoms with van der Waals surface area (Å²) in [7, 11) is 0. The molecule has 0 saturated carbocycles. The van der Waals surface area contributed by atoms with Crippen LogP contribution in [0.5, 0.6) is 0 Å². The quantitative estimate of drug-likeness (QED) is 0.243. The number of rotatable bonds is 5. The average Bonchev–Trinajstić information content (AvgIpc) is 3.12. The summed E-state index contributed by atoms with van der Waals surface area (Å²) in [5.41, 5.74) is 9.63. The topological polar surface area (TPSA) is 113 Å². The van der Waals surface area contributed by atoms with Crippen LogP contribution in [0.4, 0.5) is 22.7 Å². The van der Waals surface area contributed by atoms with E-state index in [1.807, 2.05) is 24.3 Å². The normalized spacial score (nSPS) is 10.6. The number of ketones is 1. The first-order valence-electron chi connectivity index (χ1n) is 8.59. The van der Waals surface area contributed by atoms with Gasteiger partial charge in [0, 0.05) is 52.2 Å². The van der Waals surface area contributed by atoms with Gasteiger partial charge in [-0.25, -0.2) is 0 Å². The molecule has 0 radical (unpaired) electrons. The Labute approximate surface area is 160 Å². The van der Waals surface area contributed by atoms with E-state index in [9.17, 15) is 9.59 Å². The van der Waals surface area contributed by atoms with Crippen LogP contribution >= 0.6 is 0 Å². The van der Waals surface area contributed by atoms with Crippen molar-refractivity contribution < 1.29 is 9.59 Å².